The van der Waals surface area contributed by atoms with Crippen LogP contribution in [-0.4, -0.2) is 57.1 Å². The molecule has 0 bridgehead atoms. The maximum Gasteiger partial charge on any atom is 0.000662 e. The Morgan fingerprint density at radius 2 is 1.53 bits per heavy atom. The van der Waals surface area contributed by atoms with E-state index in [-0.39, 0.29) is 0 Å². The molecule has 0 aromatic rings. The van der Waals surface area contributed by atoms with Crippen molar-refractivity contribution in [2.75, 3.05) is 47.3 Å². The largest absolute Gasteiger partial charge is 0.330 e. The number of hydrogen-bond donors (Lipinski definition) is 1. The van der Waals surface area contributed by atoms with Crippen LogP contribution in [0.15, 0.2) is 0 Å². The third-order valence-corrected chi connectivity index (χ3v) is 4.01. The molecule has 0 heterocycles. The van der Waals surface area contributed by atoms with Gasteiger partial charge in [0.25, 0.3) is 0 Å². The van der Waals surface area contributed by atoms with E-state index in [4.69, 9.17) is 5.73 Å². The van der Waals surface area contributed by atoms with E-state index in [1.807, 2.05) is 0 Å². The first kappa shape index (κ1) is 14.9. The molecule has 1 aliphatic rings. The van der Waals surface area contributed by atoms with E-state index in [1.165, 1.54) is 51.7 Å². The highest BCUT2D eigenvalue weighted by Crippen LogP contribution is 2.28. The van der Waals surface area contributed by atoms with Crippen molar-refractivity contribution in [3.05, 3.63) is 0 Å². The van der Waals surface area contributed by atoms with Crippen LogP contribution in [0.4, 0.5) is 0 Å². The van der Waals surface area contributed by atoms with Crippen LogP contribution in [0.25, 0.3) is 0 Å². The van der Waals surface area contributed by atoms with E-state index in [9.17, 15) is 0 Å². The summed E-state index contributed by atoms with van der Waals surface area (Å²) in [7, 11) is 6.56. The Kier molecular flexibility index (Phi) is 7.09. The molecule has 0 aromatic heterocycles. The van der Waals surface area contributed by atoms with Gasteiger partial charge in [-0.1, -0.05) is 0 Å². The van der Waals surface area contributed by atoms with Crippen molar-refractivity contribution in [1.82, 2.24) is 9.80 Å². The van der Waals surface area contributed by atoms with E-state index in [2.05, 4.69) is 30.9 Å². The zero-order valence-corrected chi connectivity index (χ0v) is 12.0. The normalized spacial score (nSPS) is 25.8. The predicted octanol–water partition coefficient (Wildman–Crippen LogP) is 1.64. The van der Waals surface area contributed by atoms with E-state index in [0.29, 0.717) is 0 Å². The molecule has 0 amide bonds. The molecule has 0 aliphatic heterocycles. The summed E-state index contributed by atoms with van der Waals surface area (Å²) in [4.78, 5) is 4.78. The third kappa shape index (κ3) is 6.39. The quantitative estimate of drug-likeness (QED) is 0.735. The summed E-state index contributed by atoms with van der Waals surface area (Å²) < 4.78 is 0. The first-order valence-electron chi connectivity index (χ1n) is 7.15. The standard InChI is InChI=1S/C14H31N3/c1-16(2)9-4-10-17(3)12-14-7-5-13(11-15)6-8-14/h13-14H,4-12,15H2,1-3H3. The summed E-state index contributed by atoms with van der Waals surface area (Å²) in [6.07, 6.45) is 6.76. The minimum atomic E-state index is 0.810. The summed E-state index contributed by atoms with van der Waals surface area (Å²) in [5.41, 5.74) is 5.73. The second kappa shape index (κ2) is 8.06. The molecule has 17 heavy (non-hydrogen) atoms. The van der Waals surface area contributed by atoms with Gasteiger partial charge in [-0.3, -0.25) is 0 Å². The van der Waals surface area contributed by atoms with Gasteiger partial charge in [0.1, 0.15) is 0 Å². The van der Waals surface area contributed by atoms with Crippen LogP contribution in [0.5, 0.6) is 0 Å². The number of rotatable bonds is 7. The van der Waals surface area contributed by atoms with Crippen LogP contribution in [0.2, 0.25) is 0 Å². The molecule has 0 saturated heterocycles. The highest BCUT2D eigenvalue weighted by molar-refractivity contribution is 4.75. The maximum atomic E-state index is 5.73. The lowest BCUT2D eigenvalue weighted by molar-refractivity contribution is 0.200. The molecule has 0 atom stereocenters. The van der Waals surface area contributed by atoms with Crippen molar-refractivity contribution in [3.8, 4) is 0 Å². The fourth-order valence-corrected chi connectivity index (χ4v) is 2.84. The van der Waals surface area contributed by atoms with Gasteiger partial charge in [0.2, 0.25) is 0 Å². The molecule has 3 heteroatoms. The average Bonchev–Trinajstić information content (AvgIpc) is 2.29. The SMILES string of the molecule is CN(C)CCCN(C)CC1CCC(CN)CC1. The molecular weight excluding hydrogens is 210 g/mol. The predicted molar refractivity (Wildman–Crippen MR) is 75.2 cm³/mol. The molecule has 1 saturated carbocycles. The van der Waals surface area contributed by atoms with Crippen molar-refractivity contribution in [2.45, 2.75) is 32.1 Å². The van der Waals surface area contributed by atoms with Gasteiger partial charge in [-0.15, -0.1) is 0 Å². The Bertz CT molecular complexity index is 186. The van der Waals surface area contributed by atoms with Crippen LogP contribution in [0.3, 0.4) is 0 Å². The second-order valence-electron chi connectivity index (χ2n) is 6.04. The van der Waals surface area contributed by atoms with Gasteiger partial charge in [0.05, 0.1) is 0 Å². The molecule has 1 fully saturated rings. The van der Waals surface area contributed by atoms with Crippen molar-refractivity contribution in [1.29, 1.82) is 0 Å². The smallest absolute Gasteiger partial charge is 0.000662 e. The molecule has 2 N–H and O–H groups in total. The van der Waals surface area contributed by atoms with Crippen molar-refractivity contribution in [3.63, 3.8) is 0 Å². The van der Waals surface area contributed by atoms with E-state index >= 15 is 0 Å². The molecule has 1 rings (SSSR count). The Morgan fingerprint density at radius 3 is 2.06 bits per heavy atom. The fraction of sp³-hybridized carbons (Fsp3) is 1.00. The van der Waals surface area contributed by atoms with Crippen molar-refractivity contribution in [2.24, 2.45) is 17.6 Å². The van der Waals surface area contributed by atoms with Gasteiger partial charge >= 0.3 is 0 Å². The van der Waals surface area contributed by atoms with E-state index in [0.717, 1.165) is 18.4 Å². The van der Waals surface area contributed by atoms with Crippen molar-refractivity contribution < 1.29 is 0 Å². The number of nitrogens with two attached hydrogens (primary N) is 1. The summed E-state index contributed by atoms with van der Waals surface area (Å²) in [5.74, 6) is 1.73. The van der Waals surface area contributed by atoms with Gasteiger partial charge in [0, 0.05) is 6.54 Å². The molecule has 0 radical (unpaired) electrons. The number of nitrogens with zero attached hydrogens (tertiary/aromatic N) is 2. The lowest BCUT2D eigenvalue weighted by atomic mass is 9.82. The summed E-state index contributed by atoms with van der Waals surface area (Å²) in [5, 5.41) is 0. The van der Waals surface area contributed by atoms with Crippen LogP contribution in [-0.2, 0) is 0 Å². The van der Waals surface area contributed by atoms with Gasteiger partial charge in [0.15, 0.2) is 0 Å². The van der Waals surface area contributed by atoms with Gasteiger partial charge in [-0.05, 0) is 84.7 Å². The number of hydrogen-bond acceptors (Lipinski definition) is 3. The Labute approximate surface area is 107 Å². The van der Waals surface area contributed by atoms with E-state index in [1.54, 1.807) is 0 Å². The second-order valence-corrected chi connectivity index (χ2v) is 6.04. The minimum Gasteiger partial charge on any atom is -0.330 e. The Hall–Kier alpha value is -0.120. The summed E-state index contributed by atoms with van der Waals surface area (Å²) in [6.45, 7) is 4.61. The third-order valence-electron chi connectivity index (χ3n) is 4.01. The molecule has 3 nitrogen and oxygen atoms in total. The summed E-state index contributed by atoms with van der Waals surface area (Å²) in [6, 6.07) is 0. The highest BCUT2D eigenvalue weighted by atomic mass is 15.1. The molecule has 102 valence electrons. The molecule has 0 unspecified atom stereocenters. The molecule has 0 aromatic carbocycles. The monoisotopic (exact) mass is 241 g/mol. The highest BCUT2D eigenvalue weighted by Gasteiger charge is 2.20. The van der Waals surface area contributed by atoms with Crippen LogP contribution < -0.4 is 5.73 Å². The lowest BCUT2D eigenvalue weighted by Crippen LogP contribution is -2.31. The maximum absolute atomic E-state index is 5.73. The zero-order valence-electron chi connectivity index (χ0n) is 12.0. The Balaban J connectivity index is 2.08. The molecular formula is C14H31N3. The average molecular weight is 241 g/mol. The van der Waals surface area contributed by atoms with Crippen LogP contribution in [0.1, 0.15) is 32.1 Å². The van der Waals surface area contributed by atoms with Gasteiger partial charge in [-0.25, -0.2) is 0 Å². The zero-order chi connectivity index (χ0) is 12.7. The van der Waals surface area contributed by atoms with Crippen LogP contribution in [0, 0.1) is 11.8 Å². The topological polar surface area (TPSA) is 32.5 Å². The molecule has 1 aliphatic carbocycles. The first-order valence-corrected chi connectivity index (χ1v) is 7.15. The fourth-order valence-electron chi connectivity index (χ4n) is 2.84. The Morgan fingerprint density at radius 1 is 0.941 bits per heavy atom. The van der Waals surface area contributed by atoms with Crippen molar-refractivity contribution >= 4 is 0 Å². The van der Waals surface area contributed by atoms with Crippen LogP contribution >= 0.6 is 0 Å². The molecule has 0 spiro atoms. The van der Waals surface area contributed by atoms with Gasteiger partial charge < -0.3 is 15.5 Å². The minimum absolute atomic E-state index is 0.810. The first-order chi connectivity index (χ1) is 8.11. The lowest BCUT2D eigenvalue weighted by Gasteiger charge is -2.30. The van der Waals surface area contributed by atoms with Gasteiger partial charge in [-0.2, -0.15) is 0 Å². The van der Waals surface area contributed by atoms with E-state index < -0.39 is 0 Å². The summed E-state index contributed by atoms with van der Waals surface area (Å²) >= 11 is 0.